The van der Waals surface area contributed by atoms with E-state index in [1.807, 2.05) is 0 Å². The van der Waals surface area contributed by atoms with Crippen molar-refractivity contribution in [3.8, 4) is 5.75 Å². The molecule has 1 aromatic carbocycles. The van der Waals surface area contributed by atoms with Crippen molar-refractivity contribution in [1.82, 2.24) is 4.72 Å². The molecule has 1 aromatic rings. The van der Waals surface area contributed by atoms with Crippen LogP contribution in [0.3, 0.4) is 0 Å². The fourth-order valence-corrected chi connectivity index (χ4v) is 3.66. The van der Waals surface area contributed by atoms with E-state index in [-0.39, 0.29) is 10.9 Å². The molecule has 1 fully saturated rings. The van der Waals surface area contributed by atoms with Gasteiger partial charge in [-0.15, -0.1) is 13.2 Å². The highest BCUT2D eigenvalue weighted by Gasteiger charge is 2.31. The molecule has 0 heterocycles. The predicted molar refractivity (Wildman–Crippen MR) is 71.7 cm³/mol. The molecule has 1 aliphatic carbocycles. The lowest BCUT2D eigenvalue weighted by Crippen LogP contribution is -2.39. The first-order chi connectivity index (χ1) is 10.2. The van der Waals surface area contributed by atoms with Crippen LogP contribution in [0.4, 0.5) is 13.2 Å². The van der Waals surface area contributed by atoms with Gasteiger partial charge in [-0.3, -0.25) is 0 Å². The molecule has 0 spiro atoms. The average Bonchev–Trinajstić information content (AvgIpc) is 2.36. The number of hydrogen-bond donors (Lipinski definition) is 2. The minimum Gasteiger partial charge on any atom is -0.406 e. The van der Waals surface area contributed by atoms with Gasteiger partial charge in [-0.1, -0.05) is 0 Å². The van der Waals surface area contributed by atoms with Crippen molar-refractivity contribution in [3.63, 3.8) is 0 Å². The third-order valence-corrected chi connectivity index (χ3v) is 4.87. The minimum absolute atomic E-state index is 0.151. The standard InChI is InChI=1S/C13H16F3NO4S/c14-13(15,16)21-11-4-6-12(7-5-11)22(19,20)17-9-2-1-3-10(18)8-9/h4-7,9-10,17-18H,1-3,8H2/t9-,10+/m1/s1. The summed E-state index contributed by atoms with van der Waals surface area (Å²) in [5, 5.41) is 9.53. The quantitative estimate of drug-likeness (QED) is 0.881. The Labute approximate surface area is 126 Å². The normalized spacial score (nSPS) is 23.3. The van der Waals surface area contributed by atoms with E-state index in [1.54, 1.807) is 0 Å². The van der Waals surface area contributed by atoms with Crippen molar-refractivity contribution in [2.45, 2.75) is 49.1 Å². The summed E-state index contributed by atoms with van der Waals surface area (Å²) in [6.07, 6.45) is -3.06. The Kier molecular flexibility index (Phi) is 4.98. The van der Waals surface area contributed by atoms with Crippen molar-refractivity contribution in [2.75, 3.05) is 0 Å². The summed E-state index contributed by atoms with van der Waals surface area (Å²) in [5.41, 5.74) is 0. The second-order valence-electron chi connectivity index (χ2n) is 5.16. The predicted octanol–water partition coefficient (Wildman–Crippen LogP) is 2.17. The van der Waals surface area contributed by atoms with E-state index in [9.17, 15) is 26.7 Å². The van der Waals surface area contributed by atoms with Crippen molar-refractivity contribution < 1.29 is 31.4 Å². The van der Waals surface area contributed by atoms with Crippen molar-refractivity contribution in [2.24, 2.45) is 0 Å². The lowest BCUT2D eigenvalue weighted by atomic mass is 9.94. The zero-order valence-electron chi connectivity index (χ0n) is 11.5. The third-order valence-electron chi connectivity index (χ3n) is 3.34. The number of sulfonamides is 1. The van der Waals surface area contributed by atoms with E-state index in [2.05, 4.69) is 9.46 Å². The Hall–Kier alpha value is -1.32. The highest BCUT2D eigenvalue weighted by Crippen LogP contribution is 2.25. The average molecular weight is 339 g/mol. The van der Waals surface area contributed by atoms with Crippen LogP contribution in [0, 0.1) is 0 Å². The van der Waals surface area contributed by atoms with Gasteiger partial charge in [-0.2, -0.15) is 0 Å². The molecule has 0 bridgehead atoms. The molecule has 2 atom stereocenters. The van der Waals surface area contributed by atoms with Gasteiger partial charge in [0.1, 0.15) is 5.75 Å². The van der Waals surface area contributed by atoms with Crippen LogP contribution in [0.1, 0.15) is 25.7 Å². The molecule has 0 aliphatic heterocycles. The first-order valence-corrected chi connectivity index (χ1v) is 8.20. The van der Waals surface area contributed by atoms with Gasteiger partial charge in [-0.05, 0) is 49.9 Å². The summed E-state index contributed by atoms with van der Waals surface area (Å²) >= 11 is 0. The van der Waals surface area contributed by atoms with Crippen LogP contribution in [0.5, 0.6) is 5.75 Å². The molecule has 22 heavy (non-hydrogen) atoms. The van der Waals surface area contributed by atoms with Crippen LogP contribution >= 0.6 is 0 Å². The number of halogens is 3. The van der Waals surface area contributed by atoms with Gasteiger partial charge in [0, 0.05) is 6.04 Å². The number of rotatable bonds is 4. The van der Waals surface area contributed by atoms with Gasteiger partial charge in [0.15, 0.2) is 0 Å². The molecule has 2 rings (SSSR count). The minimum atomic E-state index is -4.82. The SMILES string of the molecule is O=S(=O)(N[C@@H]1CCC[C@H](O)C1)c1ccc(OC(F)(F)F)cc1. The second-order valence-corrected chi connectivity index (χ2v) is 6.87. The number of ether oxygens (including phenoxy) is 1. The van der Waals surface area contributed by atoms with E-state index in [1.165, 1.54) is 0 Å². The fourth-order valence-electron chi connectivity index (χ4n) is 2.38. The Morgan fingerprint density at radius 2 is 1.82 bits per heavy atom. The molecule has 1 aliphatic rings. The molecule has 9 heteroatoms. The first-order valence-electron chi connectivity index (χ1n) is 6.72. The summed E-state index contributed by atoms with van der Waals surface area (Å²) < 4.78 is 66.6. The second kappa shape index (κ2) is 6.43. The van der Waals surface area contributed by atoms with Crippen LogP contribution in [0.15, 0.2) is 29.2 Å². The molecular formula is C13H16F3NO4S. The number of alkyl halides is 3. The fraction of sp³-hybridized carbons (Fsp3) is 0.538. The van der Waals surface area contributed by atoms with E-state index >= 15 is 0 Å². The molecular weight excluding hydrogens is 323 g/mol. The zero-order valence-corrected chi connectivity index (χ0v) is 12.3. The maximum Gasteiger partial charge on any atom is 0.573 e. The molecule has 0 unspecified atom stereocenters. The van der Waals surface area contributed by atoms with Crippen LogP contribution in [-0.2, 0) is 10.0 Å². The van der Waals surface area contributed by atoms with E-state index in [0.717, 1.165) is 24.3 Å². The van der Waals surface area contributed by atoms with Gasteiger partial charge >= 0.3 is 6.36 Å². The smallest absolute Gasteiger partial charge is 0.406 e. The van der Waals surface area contributed by atoms with Gasteiger partial charge in [0.05, 0.1) is 11.0 Å². The Morgan fingerprint density at radius 3 is 2.36 bits per heavy atom. The van der Waals surface area contributed by atoms with Gasteiger partial charge in [0.25, 0.3) is 0 Å². The highest BCUT2D eigenvalue weighted by atomic mass is 32.2. The Balaban J connectivity index is 2.06. The molecule has 2 N–H and O–H groups in total. The number of hydrogen-bond acceptors (Lipinski definition) is 4. The van der Waals surface area contributed by atoms with Crippen LogP contribution < -0.4 is 9.46 Å². The monoisotopic (exact) mass is 339 g/mol. The Morgan fingerprint density at radius 1 is 1.18 bits per heavy atom. The number of benzene rings is 1. The Bertz CT molecular complexity index is 601. The molecule has 0 saturated heterocycles. The van der Waals surface area contributed by atoms with Crippen LogP contribution in [0.2, 0.25) is 0 Å². The molecule has 5 nitrogen and oxygen atoms in total. The summed E-state index contributed by atoms with van der Waals surface area (Å²) in [4.78, 5) is -0.151. The lowest BCUT2D eigenvalue weighted by Gasteiger charge is -2.26. The first kappa shape index (κ1) is 17.0. The van der Waals surface area contributed by atoms with Crippen molar-refractivity contribution >= 4 is 10.0 Å². The van der Waals surface area contributed by atoms with Crippen LogP contribution in [-0.4, -0.2) is 32.0 Å². The summed E-state index contributed by atoms with van der Waals surface area (Å²) in [5.74, 6) is -0.487. The molecule has 0 amide bonds. The summed E-state index contributed by atoms with van der Waals surface area (Å²) in [6, 6.07) is 3.60. The van der Waals surface area contributed by atoms with E-state index < -0.39 is 28.2 Å². The zero-order chi connectivity index (χ0) is 16.4. The maximum atomic E-state index is 12.1. The third kappa shape index (κ3) is 4.85. The van der Waals surface area contributed by atoms with Crippen molar-refractivity contribution in [3.05, 3.63) is 24.3 Å². The van der Waals surface area contributed by atoms with Gasteiger partial charge < -0.3 is 9.84 Å². The molecule has 124 valence electrons. The highest BCUT2D eigenvalue weighted by molar-refractivity contribution is 7.89. The largest absolute Gasteiger partial charge is 0.573 e. The lowest BCUT2D eigenvalue weighted by molar-refractivity contribution is -0.274. The van der Waals surface area contributed by atoms with E-state index in [4.69, 9.17) is 0 Å². The van der Waals surface area contributed by atoms with Crippen molar-refractivity contribution in [1.29, 1.82) is 0 Å². The number of aliphatic hydroxyl groups excluding tert-OH is 1. The topological polar surface area (TPSA) is 75.6 Å². The van der Waals surface area contributed by atoms with Crippen LogP contribution in [0.25, 0.3) is 0 Å². The maximum absolute atomic E-state index is 12.1. The summed E-state index contributed by atoms with van der Waals surface area (Å²) in [7, 11) is -3.84. The molecule has 1 saturated carbocycles. The van der Waals surface area contributed by atoms with Gasteiger partial charge in [-0.25, -0.2) is 13.1 Å². The van der Waals surface area contributed by atoms with Gasteiger partial charge in [0.2, 0.25) is 10.0 Å². The number of nitrogens with one attached hydrogen (secondary N) is 1. The van der Waals surface area contributed by atoms with E-state index in [0.29, 0.717) is 25.7 Å². The number of aliphatic hydroxyl groups is 1. The molecule has 0 aromatic heterocycles. The summed E-state index contributed by atoms with van der Waals surface area (Å²) in [6.45, 7) is 0. The molecule has 0 radical (unpaired) electrons.